The van der Waals surface area contributed by atoms with E-state index in [1.54, 1.807) is 0 Å². The topological polar surface area (TPSA) is 53.6 Å². The van der Waals surface area contributed by atoms with Crippen molar-refractivity contribution in [2.24, 2.45) is 5.92 Å². The van der Waals surface area contributed by atoms with Gasteiger partial charge in [-0.2, -0.15) is 0 Å². The molecule has 0 radical (unpaired) electrons. The molecule has 5 nitrogen and oxygen atoms in total. The van der Waals surface area contributed by atoms with Crippen LogP contribution in [-0.2, 0) is 22.6 Å². The molecule has 7 heteroatoms. The molecule has 0 aliphatic carbocycles. The molecule has 2 N–H and O–H groups in total. The van der Waals surface area contributed by atoms with Gasteiger partial charge in [-0.1, -0.05) is 31.2 Å². The first-order chi connectivity index (χ1) is 12.1. The fourth-order valence-electron chi connectivity index (χ4n) is 3.57. The van der Waals surface area contributed by atoms with Gasteiger partial charge in [0.2, 0.25) is 5.91 Å². The number of amides is 1. The highest BCUT2D eigenvalue weighted by Crippen LogP contribution is 2.18. The summed E-state index contributed by atoms with van der Waals surface area (Å²) < 4.78 is 5.53. The van der Waals surface area contributed by atoms with Gasteiger partial charge in [0.1, 0.15) is 6.04 Å². The summed E-state index contributed by atoms with van der Waals surface area (Å²) in [5.74, 6) is 0.882. The van der Waals surface area contributed by atoms with Crippen molar-refractivity contribution in [1.82, 2.24) is 15.5 Å². The van der Waals surface area contributed by atoms with Crippen LogP contribution >= 0.6 is 24.8 Å². The van der Waals surface area contributed by atoms with Gasteiger partial charge >= 0.3 is 0 Å². The van der Waals surface area contributed by atoms with E-state index in [1.165, 1.54) is 31.5 Å². The second-order valence-corrected chi connectivity index (χ2v) is 7.50. The number of nitrogens with zero attached hydrogens (tertiary/aromatic N) is 1. The molecule has 2 atom stereocenters. The van der Waals surface area contributed by atoms with E-state index in [1.807, 2.05) is 6.92 Å². The first-order valence-electron chi connectivity index (χ1n) is 9.54. The van der Waals surface area contributed by atoms with E-state index in [9.17, 15) is 4.79 Å². The van der Waals surface area contributed by atoms with E-state index in [-0.39, 0.29) is 42.9 Å². The maximum atomic E-state index is 12.3. The van der Waals surface area contributed by atoms with Crippen molar-refractivity contribution >= 4 is 30.7 Å². The fourth-order valence-corrected chi connectivity index (χ4v) is 3.57. The smallest absolute Gasteiger partial charge is 0.240 e. The predicted molar refractivity (Wildman–Crippen MR) is 114 cm³/mol. The molecular weight excluding hydrogens is 385 g/mol. The van der Waals surface area contributed by atoms with Gasteiger partial charge in [-0.15, -0.1) is 24.8 Å². The highest BCUT2D eigenvalue weighted by atomic mass is 35.5. The predicted octanol–water partition coefficient (Wildman–Crippen LogP) is 2.76. The minimum atomic E-state index is -0.255. The number of nitrogens with one attached hydrogen (secondary N) is 2. The summed E-state index contributed by atoms with van der Waals surface area (Å²) in [6.45, 7) is 9.67. The van der Waals surface area contributed by atoms with E-state index < -0.39 is 0 Å². The second-order valence-electron chi connectivity index (χ2n) is 7.50. The van der Waals surface area contributed by atoms with Gasteiger partial charge in [0.15, 0.2) is 0 Å². The van der Waals surface area contributed by atoms with Crippen molar-refractivity contribution in [3.8, 4) is 0 Å². The van der Waals surface area contributed by atoms with E-state index in [4.69, 9.17) is 4.74 Å². The zero-order chi connectivity index (χ0) is 17.6. The summed E-state index contributed by atoms with van der Waals surface area (Å²) >= 11 is 0. The summed E-state index contributed by atoms with van der Waals surface area (Å²) in [5.41, 5.74) is 2.48. The Labute approximate surface area is 175 Å². The van der Waals surface area contributed by atoms with Gasteiger partial charge < -0.3 is 15.4 Å². The minimum absolute atomic E-state index is 0. The zero-order valence-corrected chi connectivity index (χ0v) is 17.9. The molecule has 1 amide bonds. The Kier molecular flexibility index (Phi) is 10.6. The van der Waals surface area contributed by atoms with Crippen molar-refractivity contribution in [2.75, 3.05) is 26.2 Å². The van der Waals surface area contributed by atoms with Crippen LogP contribution in [0.15, 0.2) is 24.3 Å². The van der Waals surface area contributed by atoms with Gasteiger partial charge in [-0.05, 0) is 49.9 Å². The molecule has 0 spiro atoms. The number of rotatable bonds is 5. The summed E-state index contributed by atoms with van der Waals surface area (Å²) in [4.78, 5) is 14.8. The van der Waals surface area contributed by atoms with Crippen LogP contribution in [0, 0.1) is 5.92 Å². The number of halogens is 2. The normalized spacial score (nSPS) is 23.8. The molecule has 2 aliphatic heterocycles. The van der Waals surface area contributed by atoms with Crippen molar-refractivity contribution < 1.29 is 9.53 Å². The SMILES string of the molecule is CC1CCN(Cc2ccc(CNC(=O)[C@H]3NCCO[C@@H]3C)cc2)CC1.Cl.Cl. The first kappa shape index (κ1) is 24.2. The van der Waals surface area contributed by atoms with Gasteiger partial charge in [0.05, 0.1) is 12.7 Å². The molecule has 27 heavy (non-hydrogen) atoms. The van der Waals surface area contributed by atoms with Crippen molar-refractivity contribution in [2.45, 2.75) is 51.9 Å². The third kappa shape index (κ3) is 7.24. The Bertz CT molecular complexity index is 563. The molecule has 154 valence electrons. The van der Waals surface area contributed by atoms with Gasteiger partial charge in [-0.3, -0.25) is 9.69 Å². The first-order valence-corrected chi connectivity index (χ1v) is 9.54. The average Bonchev–Trinajstić information content (AvgIpc) is 2.63. The molecule has 0 saturated carbocycles. The largest absolute Gasteiger partial charge is 0.375 e. The number of carbonyl (C=O) groups excluding carboxylic acids is 1. The lowest BCUT2D eigenvalue weighted by molar-refractivity contribution is -0.129. The van der Waals surface area contributed by atoms with Crippen LogP contribution in [0.25, 0.3) is 0 Å². The lowest BCUT2D eigenvalue weighted by Gasteiger charge is -2.30. The highest BCUT2D eigenvalue weighted by Gasteiger charge is 2.27. The molecule has 1 aromatic rings. The Morgan fingerprint density at radius 3 is 2.41 bits per heavy atom. The molecule has 0 bridgehead atoms. The van der Waals surface area contributed by atoms with E-state index >= 15 is 0 Å². The number of ether oxygens (including phenoxy) is 1. The number of piperidine rings is 1. The van der Waals surface area contributed by atoms with E-state index in [0.717, 1.165) is 24.6 Å². The Hall–Kier alpha value is -0.850. The number of morpholine rings is 1. The standard InChI is InChI=1S/C20H31N3O2.2ClH/c1-15-7-10-23(11-8-15)14-18-5-3-17(4-6-18)13-22-20(24)19-16(2)25-12-9-21-19;;/h3-6,15-16,19,21H,7-14H2,1-2H3,(H,22,24);2*1H/t16-,19+;;/m1../s1. The van der Waals surface area contributed by atoms with Crippen LogP contribution in [0.5, 0.6) is 0 Å². The maximum absolute atomic E-state index is 12.3. The van der Waals surface area contributed by atoms with Crippen LogP contribution < -0.4 is 10.6 Å². The summed E-state index contributed by atoms with van der Waals surface area (Å²) in [5, 5.41) is 6.23. The van der Waals surface area contributed by atoms with Crippen LogP contribution in [0.2, 0.25) is 0 Å². The number of likely N-dealkylation sites (tertiary alicyclic amines) is 1. The molecule has 0 aromatic heterocycles. The Balaban J connectivity index is 0.00000182. The van der Waals surface area contributed by atoms with Crippen LogP contribution in [-0.4, -0.2) is 49.2 Å². The second kappa shape index (κ2) is 11.9. The lowest BCUT2D eigenvalue weighted by atomic mass is 9.99. The van der Waals surface area contributed by atoms with Gasteiger partial charge in [0.25, 0.3) is 0 Å². The monoisotopic (exact) mass is 417 g/mol. The summed E-state index contributed by atoms with van der Waals surface area (Å²) in [6, 6.07) is 8.36. The third-order valence-corrected chi connectivity index (χ3v) is 5.37. The summed E-state index contributed by atoms with van der Waals surface area (Å²) in [6.07, 6.45) is 2.53. The molecule has 2 heterocycles. The van der Waals surface area contributed by atoms with Gasteiger partial charge in [0, 0.05) is 19.6 Å². The quantitative estimate of drug-likeness (QED) is 0.772. The maximum Gasteiger partial charge on any atom is 0.240 e. The zero-order valence-electron chi connectivity index (χ0n) is 16.3. The van der Waals surface area contributed by atoms with E-state index in [0.29, 0.717) is 13.2 Å². The molecule has 2 fully saturated rings. The minimum Gasteiger partial charge on any atom is -0.375 e. The fraction of sp³-hybridized carbons (Fsp3) is 0.650. The molecule has 2 saturated heterocycles. The van der Waals surface area contributed by atoms with Crippen molar-refractivity contribution in [3.63, 3.8) is 0 Å². The highest BCUT2D eigenvalue weighted by molar-refractivity contribution is 5.85. The molecule has 1 aromatic carbocycles. The Morgan fingerprint density at radius 2 is 1.78 bits per heavy atom. The van der Waals surface area contributed by atoms with Crippen molar-refractivity contribution in [1.29, 1.82) is 0 Å². The van der Waals surface area contributed by atoms with Gasteiger partial charge in [-0.25, -0.2) is 0 Å². The van der Waals surface area contributed by atoms with Crippen LogP contribution in [0.3, 0.4) is 0 Å². The number of benzene rings is 1. The number of carbonyl (C=O) groups is 1. The number of hydrogen-bond donors (Lipinski definition) is 2. The molecular formula is C20H33Cl2N3O2. The molecule has 2 aliphatic rings. The average molecular weight is 418 g/mol. The molecule has 0 unspecified atom stereocenters. The Morgan fingerprint density at radius 1 is 1.15 bits per heavy atom. The molecule has 3 rings (SSSR count). The summed E-state index contributed by atoms with van der Waals surface area (Å²) in [7, 11) is 0. The van der Waals surface area contributed by atoms with Crippen LogP contribution in [0.4, 0.5) is 0 Å². The van der Waals surface area contributed by atoms with E-state index in [2.05, 4.69) is 46.7 Å². The third-order valence-electron chi connectivity index (χ3n) is 5.37. The van der Waals surface area contributed by atoms with Crippen LogP contribution in [0.1, 0.15) is 37.8 Å². The van der Waals surface area contributed by atoms with Crippen molar-refractivity contribution in [3.05, 3.63) is 35.4 Å². The lowest BCUT2D eigenvalue weighted by Crippen LogP contribution is -2.55. The number of hydrogen-bond acceptors (Lipinski definition) is 4.